The van der Waals surface area contributed by atoms with Gasteiger partial charge in [-0.2, -0.15) is 5.10 Å². The Labute approximate surface area is 91.3 Å². The predicted molar refractivity (Wildman–Crippen MR) is 56.6 cm³/mol. The number of nitrogens with one attached hydrogen (secondary N) is 1. The molecule has 0 fully saturated rings. The van der Waals surface area contributed by atoms with Crippen LogP contribution in [0.4, 0.5) is 8.78 Å². The molecule has 0 aliphatic rings. The molecular weight excluding hydrogens is 212 g/mol. The molecule has 0 aliphatic heterocycles. The maximum atomic E-state index is 13.1. The highest BCUT2D eigenvalue weighted by Gasteiger charge is 2.13. The second-order valence-corrected chi connectivity index (χ2v) is 3.50. The molecule has 5 heteroatoms. The van der Waals surface area contributed by atoms with Gasteiger partial charge >= 0.3 is 0 Å². The number of nitrogens with two attached hydrogens (primary N) is 1. The second kappa shape index (κ2) is 4.02. The van der Waals surface area contributed by atoms with Gasteiger partial charge in [0.2, 0.25) is 0 Å². The molecule has 1 aromatic carbocycles. The van der Waals surface area contributed by atoms with Crippen molar-refractivity contribution < 1.29 is 8.78 Å². The van der Waals surface area contributed by atoms with Crippen LogP contribution in [0.5, 0.6) is 0 Å². The zero-order valence-electron chi connectivity index (χ0n) is 8.72. The van der Waals surface area contributed by atoms with Crippen molar-refractivity contribution >= 4 is 0 Å². The highest BCUT2D eigenvalue weighted by molar-refractivity contribution is 5.68. The first kappa shape index (κ1) is 10.8. The van der Waals surface area contributed by atoms with Gasteiger partial charge in [0.15, 0.2) is 11.6 Å². The van der Waals surface area contributed by atoms with Crippen LogP contribution in [-0.4, -0.2) is 10.2 Å². The first-order valence-corrected chi connectivity index (χ1v) is 4.83. The van der Waals surface area contributed by atoms with E-state index < -0.39 is 11.6 Å². The molecular formula is C11H11F2N3. The molecule has 1 heterocycles. The molecule has 3 nitrogen and oxygen atoms in total. The maximum absolute atomic E-state index is 13.1. The van der Waals surface area contributed by atoms with E-state index in [-0.39, 0.29) is 6.54 Å². The van der Waals surface area contributed by atoms with Crippen LogP contribution in [-0.2, 0) is 6.54 Å². The van der Waals surface area contributed by atoms with E-state index in [2.05, 4.69) is 10.2 Å². The lowest BCUT2D eigenvalue weighted by atomic mass is 10.0. The Kier molecular flexibility index (Phi) is 2.70. The van der Waals surface area contributed by atoms with Gasteiger partial charge in [-0.3, -0.25) is 5.10 Å². The topological polar surface area (TPSA) is 54.7 Å². The van der Waals surface area contributed by atoms with Crippen LogP contribution >= 0.6 is 0 Å². The fourth-order valence-corrected chi connectivity index (χ4v) is 1.66. The molecule has 0 saturated carbocycles. The molecule has 0 atom stereocenters. The average Bonchev–Trinajstić information content (AvgIpc) is 2.64. The summed E-state index contributed by atoms with van der Waals surface area (Å²) in [5.74, 6) is -1.74. The zero-order chi connectivity index (χ0) is 11.7. The van der Waals surface area contributed by atoms with E-state index >= 15 is 0 Å². The summed E-state index contributed by atoms with van der Waals surface area (Å²) < 4.78 is 25.9. The maximum Gasteiger partial charge on any atom is 0.159 e. The number of aromatic amines is 1. The van der Waals surface area contributed by atoms with Crippen molar-refractivity contribution in [3.05, 3.63) is 41.2 Å². The average molecular weight is 223 g/mol. The number of aromatic nitrogens is 2. The predicted octanol–water partition coefficient (Wildman–Crippen LogP) is 2.12. The largest absolute Gasteiger partial charge is 0.325 e. The quantitative estimate of drug-likeness (QED) is 0.819. The molecule has 0 saturated heterocycles. The summed E-state index contributed by atoms with van der Waals surface area (Å²) in [5.41, 5.74) is 8.26. The number of hydrogen-bond acceptors (Lipinski definition) is 2. The number of halogens is 2. The van der Waals surface area contributed by atoms with Gasteiger partial charge in [-0.15, -0.1) is 0 Å². The van der Waals surface area contributed by atoms with Crippen LogP contribution in [0.15, 0.2) is 18.2 Å². The van der Waals surface area contributed by atoms with Crippen molar-refractivity contribution in [2.45, 2.75) is 13.5 Å². The molecule has 0 spiro atoms. The molecule has 2 rings (SSSR count). The molecule has 84 valence electrons. The standard InChI is InChI=1S/C11H11F2N3/c1-6-11(10(5-14)16-15-6)7-2-3-8(12)9(13)4-7/h2-4H,5,14H2,1H3,(H,15,16). The van der Waals surface area contributed by atoms with Crippen molar-refractivity contribution in [3.8, 4) is 11.1 Å². The Morgan fingerprint density at radius 2 is 2.06 bits per heavy atom. The number of aryl methyl sites for hydroxylation is 1. The lowest BCUT2D eigenvalue weighted by molar-refractivity contribution is 0.509. The molecule has 0 radical (unpaired) electrons. The minimum absolute atomic E-state index is 0.249. The summed E-state index contributed by atoms with van der Waals surface area (Å²) in [6.45, 7) is 2.06. The number of rotatable bonds is 2. The smallest absolute Gasteiger partial charge is 0.159 e. The van der Waals surface area contributed by atoms with Crippen molar-refractivity contribution in [1.29, 1.82) is 0 Å². The molecule has 0 bridgehead atoms. The van der Waals surface area contributed by atoms with E-state index in [1.165, 1.54) is 6.07 Å². The van der Waals surface area contributed by atoms with Gasteiger partial charge in [0, 0.05) is 17.8 Å². The fourth-order valence-electron chi connectivity index (χ4n) is 1.66. The third-order valence-electron chi connectivity index (χ3n) is 2.42. The third-order valence-corrected chi connectivity index (χ3v) is 2.42. The van der Waals surface area contributed by atoms with E-state index in [4.69, 9.17) is 5.73 Å². The Balaban J connectivity index is 2.57. The van der Waals surface area contributed by atoms with Crippen molar-refractivity contribution in [2.75, 3.05) is 0 Å². The van der Waals surface area contributed by atoms with Crippen LogP contribution in [0, 0.1) is 18.6 Å². The highest BCUT2D eigenvalue weighted by atomic mass is 19.2. The minimum atomic E-state index is -0.874. The number of benzene rings is 1. The first-order valence-electron chi connectivity index (χ1n) is 4.83. The van der Waals surface area contributed by atoms with Gasteiger partial charge in [-0.1, -0.05) is 6.07 Å². The molecule has 2 aromatic rings. The molecule has 16 heavy (non-hydrogen) atoms. The van der Waals surface area contributed by atoms with Crippen LogP contribution in [0.25, 0.3) is 11.1 Å². The normalized spacial score (nSPS) is 10.8. The van der Waals surface area contributed by atoms with Crippen LogP contribution in [0.1, 0.15) is 11.4 Å². The second-order valence-electron chi connectivity index (χ2n) is 3.50. The van der Waals surface area contributed by atoms with Gasteiger partial charge in [0.25, 0.3) is 0 Å². The zero-order valence-corrected chi connectivity index (χ0v) is 8.72. The summed E-state index contributed by atoms with van der Waals surface area (Å²) in [6, 6.07) is 3.75. The van der Waals surface area contributed by atoms with E-state index in [1.807, 2.05) is 6.92 Å². The molecule has 3 N–H and O–H groups in total. The molecule has 1 aromatic heterocycles. The summed E-state index contributed by atoms with van der Waals surface area (Å²) in [7, 11) is 0. The highest BCUT2D eigenvalue weighted by Crippen LogP contribution is 2.26. The van der Waals surface area contributed by atoms with Gasteiger partial charge in [-0.25, -0.2) is 8.78 Å². The van der Waals surface area contributed by atoms with Gasteiger partial charge in [-0.05, 0) is 24.6 Å². The Hall–Kier alpha value is -1.75. The summed E-state index contributed by atoms with van der Waals surface area (Å²) in [5, 5.41) is 6.77. The van der Waals surface area contributed by atoms with E-state index in [0.717, 1.165) is 23.4 Å². The lowest BCUT2D eigenvalue weighted by Crippen LogP contribution is -1.99. The number of nitrogens with zero attached hydrogens (tertiary/aromatic N) is 1. The minimum Gasteiger partial charge on any atom is -0.325 e. The number of H-pyrrole nitrogens is 1. The van der Waals surface area contributed by atoms with Gasteiger partial charge in [0.05, 0.1) is 5.69 Å². The van der Waals surface area contributed by atoms with Crippen LogP contribution in [0.2, 0.25) is 0 Å². The van der Waals surface area contributed by atoms with Crippen LogP contribution < -0.4 is 5.73 Å². The summed E-state index contributed by atoms with van der Waals surface area (Å²) in [4.78, 5) is 0. The molecule has 0 unspecified atom stereocenters. The number of hydrogen-bond donors (Lipinski definition) is 2. The Morgan fingerprint density at radius 3 is 2.69 bits per heavy atom. The van der Waals surface area contributed by atoms with Crippen molar-refractivity contribution in [3.63, 3.8) is 0 Å². The molecule has 0 amide bonds. The summed E-state index contributed by atoms with van der Waals surface area (Å²) >= 11 is 0. The van der Waals surface area contributed by atoms with E-state index in [0.29, 0.717) is 11.3 Å². The van der Waals surface area contributed by atoms with Crippen molar-refractivity contribution in [1.82, 2.24) is 10.2 Å². The van der Waals surface area contributed by atoms with Gasteiger partial charge in [0.1, 0.15) is 0 Å². The SMILES string of the molecule is Cc1[nH]nc(CN)c1-c1ccc(F)c(F)c1. The summed E-state index contributed by atoms with van der Waals surface area (Å²) in [6.07, 6.45) is 0. The molecule has 0 aliphatic carbocycles. The fraction of sp³-hybridized carbons (Fsp3) is 0.182. The first-order chi connectivity index (χ1) is 7.63. The van der Waals surface area contributed by atoms with Crippen molar-refractivity contribution in [2.24, 2.45) is 5.73 Å². The van der Waals surface area contributed by atoms with Crippen LogP contribution in [0.3, 0.4) is 0 Å². The third kappa shape index (κ3) is 1.69. The van der Waals surface area contributed by atoms with E-state index in [9.17, 15) is 8.78 Å². The Morgan fingerprint density at radius 1 is 1.31 bits per heavy atom. The van der Waals surface area contributed by atoms with Gasteiger partial charge < -0.3 is 5.73 Å². The van der Waals surface area contributed by atoms with E-state index in [1.54, 1.807) is 0 Å². The monoisotopic (exact) mass is 223 g/mol. The lowest BCUT2D eigenvalue weighted by Gasteiger charge is -2.03. The Bertz CT molecular complexity index is 520.